The van der Waals surface area contributed by atoms with E-state index in [0.717, 1.165) is 0 Å². The maximum Gasteiger partial charge on any atom is 0.251 e. The van der Waals surface area contributed by atoms with Gasteiger partial charge in [-0.15, -0.1) is 0 Å². The van der Waals surface area contributed by atoms with E-state index in [4.69, 9.17) is 0 Å². The first kappa shape index (κ1) is 11.0. The molecule has 5 heteroatoms. The van der Waals surface area contributed by atoms with Gasteiger partial charge in [0.25, 0.3) is 5.92 Å². The minimum Gasteiger partial charge on any atom is -0.356 e. The third-order valence-electron chi connectivity index (χ3n) is 2.74. The molecule has 1 aliphatic rings. The molecule has 0 unspecified atom stereocenters. The van der Waals surface area contributed by atoms with Gasteiger partial charge in [-0.1, -0.05) is 0 Å². The number of carbonyl (C=O) groups is 1. The summed E-state index contributed by atoms with van der Waals surface area (Å²) >= 11 is 0. The zero-order valence-corrected chi connectivity index (χ0v) is 8.70. The summed E-state index contributed by atoms with van der Waals surface area (Å²) in [6.07, 6.45) is 1.91. The van der Waals surface area contributed by atoms with Crippen LogP contribution in [0.1, 0.15) is 23.2 Å². The monoisotopic (exact) mass is 226 g/mol. The summed E-state index contributed by atoms with van der Waals surface area (Å²) in [5.74, 6) is -2.07. The molecule has 0 bridgehead atoms. The van der Waals surface area contributed by atoms with Gasteiger partial charge in [-0.3, -0.25) is 4.79 Å². The zero-order valence-electron chi connectivity index (χ0n) is 8.70. The lowest BCUT2D eigenvalue weighted by molar-refractivity contribution is -0.0221. The van der Waals surface area contributed by atoms with E-state index in [-0.39, 0.29) is 25.9 Å². The normalized spacial score (nSPS) is 19.5. The molecule has 0 N–H and O–H groups in total. The summed E-state index contributed by atoms with van der Waals surface area (Å²) in [6.45, 7) is 0.482. The van der Waals surface area contributed by atoms with Crippen molar-refractivity contribution >= 4 is 12.1 Å². The number of carbonyl (C=O) groups excluding carboxylic acids is 1. The van der Waals surface area contributed by atoms with Gasteiger partial charge in [-0.25, -0.2) is 13.8 Å². The first-order chi connectivity index (χ1) is 7.62. The molecule has 1 aliphatic heterocycles. The van der Waals surface area contributed by atoms with E-state index in [2.05, 4.69) is 4.98 Å². The lowest BCUT2D eigenvalue weighted by Crippen LogP contribution is -2.40. The lowest BCUT2D eigenvalue weighted by Gasteiger charge is -2.33. The average molecular weight is 226 g/mol. The number of halogens is 2. The maximum atomic E-state index is 13.0. The van der Waals surface area contributed by atoms with Gasteiger partial charge in [0.1, 0.15) is 5.82 Å². The predicted octanol–water partition coefficient (Wildman–Crippen LogP) is 2.13. The molecule has 1 aromatic rings. The van der Waals surface area contributed by atoms with Crippen molar-refractivity contribution in [2.45, 2.75) is 18.8 Å². The molecule has 0 aromatic carbocycles. The van der Waals surface area contributed by atoms with Crippen LogP contribution in [0, 0.1) is 0 Å². The van der Waals surface area contributed by atoms with Crippen LogP contribution < -0.4 is 4.90 Å². The van der Waals surface area contributed by atoms with Crippen molar-refractivity contribution in [1.82, 2.24) is 4.98 Å². The molecular weight excluding hydrogens is 214 g/mol. The van der Waals surface area contributed by atoms with Crippen molar-refractivity contribution in [1.29, 1.82) is 0 Å². The number of aldehydes is 1. The van der Waals surface area contributed by atoms with Crippen LogP contribution in [-0.4, -0.2) is 30.3 Å². The molecule has 0 atom stereocenters. The van der Waals surface area contributed by atoms with E-state index in [9.17, 15) is 13.6 Å². The number of hydrogen-bond donors (Lipinski definition) is 0. The second kappa shape index (κ2) is 4.15. The first-order valence-corrected chi connectivity index (χ1v) is 5.15. The molecule has 2 rings (SSSR count). The largest absolute Gasteiger partial charge is 0.356 e. The van der Waals surface area contributed by atoms with Crippen LogP contribution in [0.3, 0.4) is 0 Å². The fourth-order valence-corrected chi connectivity index (χ4v) is 1.81. The van der Waals surface area contributed by atoms with Crippen LogP contribution in [0.5, 0.6) is 0 Å². The Bertz CT molecular complexity index is 385. The van der Waals surface area contributed by atoms with Gasteiger partial charge in [-0.05, 0) is 12.1 Å². The predicted molar refractivity (Wildman–Crippen MR) is 56.0 cm³/mol. The van der Waals surface area contributed by atoms with Crippen molar-refractivity contribution in [3.8, 4) is 0 Å². The molecule has 3 nitrogen and oxygen atoms in total. The van der Waals surface area contributed by atoms with Crippen molar-refractivity contribution in [3.63, 3.8) is 0 Å². The van der Waals surface area contributed by atoms with Crippen molar-refractivity contribution in [2.75, 3.05) is 18.0 Å². The summed E-state index contributed by atoms with van der Waals surface area (Å²) < 4.78 is 25.9. The molecular formula is C11H12F2N2O. The van der Waals surface area contributed by atoms with Gasteiger partial charge in [-0.2, -0.15) is 0 Å². The molecule has 0 saturated carbocycles. The molecule has 1 fully saturated rings. The Morgan fingerprint density at radius 3 is 2.69 bits per heavy atom. The number of hydrogen-bond acceptors (Lipinski definition) is 3. The Morgan fingerprint density at radius 1 is 1.38 bits per heavy atom. The fraction of sp³-hybridized carbons (Fsp3) is 0.455. The molecule has 16 heavy (non-hydrogen) atoms. The van der Waals surface area contributed by atoms with Gasteiger partial charge in [0.2, 0.25) is 0 Å². The molecule has 0 spiro atoms. The molecule has 2 heterocycles. The Morgan fingerprint density at radius 2 is 2.06 bits per heavy atom. The summed E-state index contributed by atoms with van der Waals surface area (Å²) in [6, 6.07) is 3.30. The van der Waals surface area contributed by atoms with E-state index < -0.39 is 5.92 Å². The molecule has 86 valence electrons. The summed E-state index contributed by atoms with van der Waals surface area (Å²) in [7, 11) is 0. The third-order valence-corrected chi connectivity index (χ3v) is 2.74. The van der Waals surface area contributed by atoms with Crippen LogP contribution in [0.2, 0.25) is 0 Å². The Kier molecular flexibility index (Phi) is 2.85. The minimum absolute atomic E-state index is 0.179. The third kappa shape index (κ3) is 2.18. The number of nitrogens with zero attached hydrogens (tertiary/aromatic N) is 2. The zero-order chi connectivity index (χ0) is 11.6. The van der Waals surface area contributed by atoms with Crippen molar-refractivity contribution in [3.05, 3.63) is 23.9 Å². The van der Waals surface area contributed by atoms with Crippen LogP contribution in [0.4, 0.5) is 14.6 Å². The van der Waals surface area contributed by atoms with E-state index >= 15 is 0 Å². The number of rotatable bonds is 2. The molecule has 0 amide bonds. The summed E-state index contributed by atoms with van der Waals surface area (Å²) in [4.78, 5) is 16.6. The minimum atomic E-state index is -2.58. The average Bonchev–Trinajstić information content (AvgIpc) is 2.29. The number of pyridine rings is 1. The molecule has 0 aliphatic carbocycles. The highest BCUT2D eigenvalue weighted by atomic mass is 19.3. The van der Waals surface area contributed by atoms with Gasteiger partial charge in [0, 0.05) is 32.1 Å². The highest BCUT2D eigenvalue weighted by Crippen LogP contribution is 2.30. The smallest absolute Gasteiger partial charge is 0.251 e. The molecule has 1 aromatic heterocycles. The standard InChI is InChI=1S/C11H12F2N2O/c12-11(13)3-6-15(7-4-11)10-9(8-16)2-1-5-14-10/h1-2,5,8H,3-4,6-7H2. The molecule has 1 saturated heterocycles. The Hall–Kier alpha value is -1.52. The maximum absolute atomic E-state index is 13.0. The topological polar surface area (TPSA) is 33.2 Å². The lowest BCUT2D eigenvalue weighted by atomic mass is 10.1. The number of piperidine rings is 1. The summed E-state index contributed by atoms with van der Waals surface area (Å²) in [5, 5.41) is 0. The number of aromatic nitrogens is 1. The van der Waals surface area contributed by atoms with Gasteiger partial charge in [0.15, 0.2) is 6.29 Å². The van der Waals surface area contributed by atoms with Crippen molar-refractivity contribution < 1.29 is 13.6 Å². The van der Waals surface area contributed by atoms with Crippen molar-refractivity contribution in [2.24, 2.45) is 0 Å². The number of alkyl halides is 2. The number of anilines is 1. The quantitative estimate of drug-likeness (QED) is 0.724. The van der Waals surface area contributed by atoms with Gasteiger partial charge in [0.05, 0.1) is 5.56 Å². The SMILES string of the molecule is O=Cc1cccnc1N1CCC(F)(F)CC1. The van der Waals surface area contributed by atoms with Crippen LogP contribution >= 0.6 is 0 Å². The second-order valence-electron chi connectivity index (χ2n) is 3.88. The van der Waals surface area contributed by atoms with E-state index in [1.54, 1.807) is 23.2 Å². The van der Waals surface area contributed by atoms with Gasteiger partial charge >= 0.3 is 0 Å². The fourth-order valence-electron chi connectivity index (χ4n) is 1.81. The highest BCUT2D eigenvalue weighted by molar-refractivity contribution is 5.82. The first-order valence-electron chi connectivity index (χ1n) is 5.15. The Labute approximate surface area is 92.1 Å². The van der Waals surface area contributed by atoms with Crippen LogP contribution in [0.25, 0.3) is 0 Å². The highest BCUT2D eigenvalue weighted by Gasteiger charge is 2.34. The van der Waals surface area contributed by atoms with Crippen LogP contribution in [0.15, 0.2) is 18.3 Å². The van der Waals surface area contributed by atoms with Crippen LogP contribution in [-0.2, 0) is 0 Å². The summed E-state index contributed by atoms with van der Waals surface area (Å²) in [5.41, 5.74) is 0.452. The molecule has 0 radical (unpaired) electrons. The second-order valence-corrected chi connectivity index (χ2v) is 3.88. The Balaban J connectivity index is 2.17. The van der Waals surface area contributed by atoms with Gasteiger partial charge < -0.3 is 4.90 Å². The van der Waals surface area contributed by atoms with E-state index in [1.165, 1.54) is 0 Å². The van der Waals surface area contributed by atoms with E-state index in [1.807, 2.05) is 0 Å². The van der Waals surface area contributed by atoms with E-state index in [0.29, 0.717) is 17.7 Å².